The molecule has 1 aliphatic heterocycles. The largest absolute Gasteiger partial charge is 0.376 e. The van der Waals surface area contributed by atoms with Crippen LogP contribution < -0.4 is 10.9 Å². The van der Waals surface area contributed by atoms with Crippen LogP contribution in [0.15, 0.2) is 52.4 Å². The van der Waals surface area contributed by atoms with Crippen molar-refractivity contribution in [3.05, 3.63) is 69.5 Å². The standard InChI is InChI=1S/C26H29N3O4S/c1-16(2)27-24(31)19-10-11-21-22(13-19)28-26(29(25(21)32)14-20-5-4-12-33-20)34-15-23(30)18-8-6-17(3)7-9-18/h6-11,13,16,20H,4-5,12,14-15H2,1-3H3,(H,27,31)/t20-/m1/s1. The molecule has 1 amide bonds. The minimum Gasteiger partial charge on any atom is -0.376 e. The first-order valence-electron chi connectivity index (χ1n) is 11.5. The zero-order valence-electron chi connectivity index (χ0n) is 19.7. The maximum absolute atomic E-state index is 13.4. The van der Waals surface area contributed by atoms with Gasteiger partial charge in [0.1, 0.15) is 0 Å². The number of nitrogens with one attached hydrogen (secondary N) is 1. The second kappa shape index (κ2) is 10.5. The molecule has 0 aliphatic carbocycles. The Morgan fingerprint density at radius 2 is 1.91 bits per heavy atom. The molecule has 1 aromatic heterocycles. The third-order valence-corrected chi connectivity index (χ3v) is 6.69. The second-order valence-corrected chi connectivity index (χ2v) is 9.83. The average molecular weight is 480 g/mol. The third-order valence-electron chi connectivity index (χ3n) is 5.72. The van der Waals surface area contributed by atoms with Crippen molar-refractivity contribution in [2.45, 2.75) is 57.5 Å². The van der Waals surface area contributed by atoms with Gasteiger partial charge in [0.15, 0.2) is 10.9 Å². The number of nitrogens with zero attached hydrogens (tertiary/aromatic N) is 2. The highest BCUT2D eigenvalue weighted by Gasteiger charge is 2.21. The van der Waals surface area contributed by atoms with Crippen LogP contribution in [0.3, 0.4) is 0 Å². The molecule has 2 heterocycles. The Morgan fingerprint density at radius 1 is 1.18 bits per heavy atom. The highest BCUT2D eigenvalue weighted by atomic mass is 32.2. The number of hydrogen-bond donors (Lipinski definition) is 1. The van der Waals surface area contributed by atoms with Crippen LogP contribution in [0.1, 0.15) is 53.0 Å². The molecule has 34 heavy (non-hydrogen) atoms. The highest BCUT2D eigenvalue weighted by molar-refractivity contribution is 7.99. The lowest BCUT2D eigenvalue weighted by Gasteiger charge is -2.17. The molecule has 4 rings (SSSR count). The van der Waals surface area contributed by atoms with Gasteiger partial charge in [0.25, 0.3) is 11.5 Å². The lowest BCUT2D eigenvalue weighted by molar-refractivity contribution is 0.0936. The van der Waals surface area contributed by atoms with Crippen LogP contribution in [-0.4, -0.2) is 45.7 Å². The van der Waals surface area contributed by atoms with Gasteiger partial charge >= 0.3 is 0 Å². The van der Waals surface area contributed by atoms with Crippen molar-refractivity contribution in [1.82, 2.24) is 14.9 Å². The Kier molecular flexibility index (Phi) is 7.48. The van der Waals surface area contributed by atoms with E-state index in [0.29, 0.717) is 40.3 Å². The molecule has 1 aliphatic rings. The average Bonchev–Trinajstić information content (AvgIpc) is 3.32. The van der Waals surface area contributed by atoms with E-state index in [1.54, 1.807) is 22.8 Å². The molecule has 8 heteroatoms. The van der Waals surface area contributed by atoms with Gasteiger partial charge < -0.3 is 10.1 Å². The fraction of sp³-hybridized carbons (Fsp3) is 0.385. The summed E-state index contributed by atoms with van der Waals surface area (Å²) < 4.78 is 7.37. The van der Waals surface area contributed by atoms with Gasteiger partial charge in [-0.3, -0.25) is 19.0 Å². The fourth-order valence-corrected chi connectivity index (χ4v) is 4.81. The summed E-state index contributed by atoms with van der Waals surface area (Å²) >= 11 is 1.24. The topological polar surface area (TPSA) is 90.3 Å². The van der Waals surface area contributed by atoms with E-state index in [-0.39, 0.29) is 35.1 Å². The number of ether oxygens (including phenoxy) is 1. The molecule has 1 atom stereocenters. The molecule has 3 aromatic rings. The normalized spacial score (nSPS) is 15.7. The third kappa shape index (κ3) is 5.56. The molecule has 0 unspecified atom stereocenters. The maximum atomic E-state index is 13.4. The van der Waals surface area contributed by atoms with Crippen molar-refractivity contribution in [1.29, 1.82) is 0 Å². The highest BCUT2D eigenvalue weighted by Crippen LogP contribution is 2.23. The number of carbonyl (C=O) groups excluding carboxylic acids is 2. The minimum absolute atomic E-state index is 0.00512. The molecule has 178 valence electrons. The summed E-state index contributed by atoms with van der Waals surface area (Å²) in [6.07, 6.45) is 1.79. The van der Waals surface area contributed by atoms with Gasteiger partial charge in [-0.15, -0.1) is 0 Å². The van der Waals surface area contributed by atoms with Crippen molar-refractivity contribution in [2.75, 3.05) is 12.4 Å². The van der Waals surface area contributed by atoms with E-state index in [2.05, 4.69) is 5.32 Å². The van der Waals surface area contributed by atoms with Gasteiger partial charge in [-0.05, 0) is 51.8 Å². The van der Waals surface area contributed by atoms with Crippen LogP contribution in [0.25, 0.3) is 10.9 Å². The molecule has 0 radical (unpaired) electrons. The monoisotopic (exact) mass is 479 g/mol. The lowest BCUT2D eigenvalue weighted by atomic mass is 10.1. The van der Waals surface area contributed by atoms with Crippen molar-refractivity contribution in [2.24, 2.45) is 0 Å². The Bertz CT molecular complexity index is 1260. The number of aromatic nitrogens is 2. The predicted molar refractivity (Wildman–Crippen MR) is 134 cm³/mol. The number of amides is 1. The van der Waals surface area contributed by atoms with Crippen LogP contribution in [0, 0.1) is 6.92 Å². The van der Waals surface area contributed by atoms with Gasteiger partial charge in [0.05, 0.1) is 29.3 Å². The molecule has 2 aromatic carbocycles. The van der Waals surface area contributed by atoms with Crippen LogP contribution in [0.2, 0.25) is 0 Å². The quantitative estimate of drug-likeness (QED) is 0.298. The minimum atomic E-state index is -0.217. The van der Waals surface area contributed by atoms with Crippen molar-refractivity contribution in [3.63, 3.8) is 0 Å². The van der Waals surface area contributed by atoms with Crippen LogP contribution in [0.4, 0.5) is 0 Å². The number of rotatable bonds is 8. The Labute approximate surface area is 202 Å². The van der Waals surface area contributed by atoms with Gasteiger partial charge in [0.2, 0.25) is 0 Å². The van der Waals surface area contributed by atoms with Crippen molar-refractivity contribution in [3.8, 4) is 0 Å². The van der Waals surface area contributed by atoms with Gasteiger partial charge in [-0.1, -0.05) is 41.6 Å². The molecular formula is C26H29N3O4S. The molecule has 0 bridgehead atoms. The van der Waals surface area contributed by atoms with Gasteiger partial charge in [0, 0.05) is 23.8 Å². The fourth-order valence-electron chi connectivity index (χ4n) is 3.90. The first-order chi connectivity index (χ1) is 16.3. The van der Waals surface area contributed by atoms with Gasteiger partial charge in [-0.25, -0.2) is 4.98 Å². The van der Waals surface area contributed by atoms with E-state index in [0.717, 1.165) is 18.4 Å². The Hall–Kier alpha value is -2.97. The summed E-state index contributed by atoms with van der Waals surface area (Å²) in [7, 11) is 0. The predicted octanol–water partition coefficient (Wildman–Crippen LogP) is 4.00. The molecule has 7 nitrogen and oxygen atoms in total. The summed E-state index contributed by atoms with van der Waals surface area (Å²) in [6, 6.07) is 12.4. The first kappa shape index (κ1) is 24.2. The number of thioether (sulfide) groups is 1. The lowest BCUT2D eigenvalue weighted by Crippen LogP contribution is -2.31. The number of benzene rings is 2. The second-order valence-electron chi connectivity index (χ2n) is 8.88. The number of carbonyl (C=O) groups is 2. The molecule has 1 saturated heterocycles. The van der Waals surface area contributed by atoms with E-state index >= 15 is 0 Å². The van der Waals surface area contributed by atoms with E-state index in [4.69, 9.17) is 9.72 Å². The van der Waals surface area contributed by atoms with E-state index in [9.17, 15) is 14.4 Å². The number of Topliss-reactive ketones (excluding diaryl/α,β-unsaturated/α-hetero) is 1. The zero-order valence-corrected chi connectivity index (χ0v) is 20.5. The molecule has 1 N–H and O–H groups in total. The zero-order chi connectivity index (χ0) is 24.2. The summed E-state index contributed by atoms with van der Waals surface area (Å²) in [4.78, 5) is 43.4. The van der Waals surface area contributed by atoms with E-state index < -0.39 is 0 Å². The summed E-state index contributed by atoms with van der Waals surface area (Å²) in [6.45, 7) is 6.82. The molecule has 0 spiro atoms. The van der Waals surface area contributed by atoms with Crippen molar-refractivity contribution < 1.29 is 14.3 Å². The first-order valence-corrected chi connectivity index (χ1v) is 12.5. The van der Waals surface area contributed by atoms with Crippen LogP contribution >= 0.6 is 11.8 Å². The molecule has 1 fully saturated rings. The van der Waals surface area contributed by atoms with Crippen molar-refractivity contribution >= 4 is 34.4 Å². The number of ketones is 1. The molecular weight excluding hydrogens is 450 g/mol. The van der Waals surface area contributed by atoms with Crippen LogP contribution in [-0.2, 0) is 11.3 Å². The maximum Gasteiger partial charge on any atom is 0.262 e. The Balaban J connectivity index is 1.68. The summed E-state index contributed by atoms with van der Waals surface area (Å²) in [5.41, 5.74) is 2.40. The number of fused-ring (bicyclic) bond motifs is 1. The summed E-state index contributed by atoms with van der Waals surface area (Å²) in [5, 5.41) is 3.75. The summed E-state index contributed by atoms with van der Waals surface area (Å²) in [5.74, 6) is -0.0980. The van der Waals surface area contributed by atoms with Crippen LogP contribution in [0.5, 0.6) is 0 Å². The number of hydrogen-bond acceptors (Lipinski definition) is 6. The van der Waals surface area contributed by atoms with E-state index in [1.807, 2.05) is 45.0 Å². The van der Waals surface area contributed by atoms with E-state index in [1.165, 1.54) is 11.8 Å². The van der Waals surface area contributed by atoms with Gasteiger partial charge in [-0.2, -0.15) is 0 Å². The number of aryl methyl sites for hydroxylation is 1. The SMILES string of the molecule is Cc1ccc(C(=O)CSc2nc3cc(C(=O)NC(C)C)ccc3c(=O)n2C[C@H]2CCCO2)cc1. The smallest absolute Gasteiger partial charge is 0.262 e. The molecule has 0 saturated carbocycles. The Morgan fingerprint density at radius 3 is 2.59 bits per heavy atom.